The van der Waals surface area contributed by atoms with E-state index in [1.165, 1.54) is 0 Å². The smallest absolute Gasteiger partial charge is 0.296 e. The van der Waals surface area contributed by atoms with E-state index in [1.54, 1.807) is 12.1 Å². The monoisotopic (exact) mass is 254 g/mol. The van der Waals surface area contributed by atoms with Crippen molar-refractivity contribution in [2.45, 2.75) is 6.10 Å². The van der Waals surface area contributed by atoms with Gasteiger partial charge in [-0.05, 0) is 12.1 Å². The van der Waals surface area contributed by atoms with Crippen molar-refractivity contribution in [3.05, 3.63) is 34.3 Å². The van der Waals surface area contributed by atoms with Crippen molar-refractivity contribution in [1.29, 1.82) is 0 Å². The van der Waals surface area contributed by atoms with E-state index >= 15 is 0 Å². The van der Waals surface area contributed by atoms with Gasteiger partial charge in [0.05, 0.1) is 0 Å². The number of ether oxygens (including phenoxy) is 1. The Morgan fingerprint density at radius 1 is 1.50 bits per heavy atom. The molecule has 5 heteroatoms. The highest BCUT2D eigenvalue weighted by molar-refractivity contribution is 9.10. The number of rotatable bonds is 1. The molecule has 72 valence electrons. The van der Waals surface area contributed by atoms with Crippen molar-refractivity contribution in [3.63, 3.8) is 0 Å². The van der Waals surface area contributed by atoms with Crippen LogP contribution in [-0.2, 0) is 9.53 Å². The average molecular weight is 255 g/mol. The number of aliphatic imine (C=N–C) groups is 1. The summed E-state index contributed by atoms with van der Waals surface area (Å²) < 4.78 is 5.96. The first-order valence-electron chi connectivity index (χ1n) is 3.97. The lowest BCUT2D eigenvalue weighted by Crippen LogP contribution is -2.13. The van der Waals surface area contributed by atoms with Gasteiger partial charge in [-0.15, -0.1) is 0 Å². The van der Waals surface area contributed by atoms with Crippen LogP contribution in [0.2, 0.25) is 0 Å². The highest BCUT2D eigenvalue weighted by atomic mass is 79.9. The van der Waals surface area contributed by atoms with Gasteiger partial charge in [0.2, 0.25) is 6.10 Å². The fourth-order valence-electron chi connectivity index (χ4n) is 1.25. The fraction of sp³-hybridized carbons (Fsp3) is 0.111. The van der Waals surface area contributed by atoms with E-state index in [2.05, 4.69) is 20.9 Å². The van der Waals surface area contributed by atoms with Crippen LogP contribution >= 0.6 is 15.9 Å². The number of hydrogen-bond acceptors (Lipinski definition) is 3. The summed E-state index contributed by atoms with van der Waals surface area (Å²) in [5.74, 6) is -0.361. The minimum absolute atomic E-state index is 0.0695. The van der Waals surface area contributed by atoms with E-state index in [0.717, 1.165) is 10.0 Å². The molecule has 0 aliphatic carbocycles. The van der Waals surface area contributed by atoms with Gasteiger partial charge in [0, 0.05) is 10.0 Å². The van der Waals surface area contributed by atoms with Crippen LogP contribution in [0.5, 0.6) is 0 Å². The summed E-state index contributed by atoms with van der Waals surface area (Å²) in [5, 5.41) is 0. The van der Waals surface area contributed by atoms with E-state index < -0.39 is 6.10 Å². The molecule has 2 rings (SSSR count). The molecule has 1 aliphatic rings. The molecular weight excluding hydrogens is 248 g/mol. The van der Waals surface area contributed by atoms with Crippen LogP contribution in [0.3, 0.4) is 0 Å². The Labute approximate surface area is 88.9 Å². The number of amidine groups is 1. The molecule has 1 unspecified atom stereocenters. The van der Waals surface area contributed by atoms with Crippen molar-refractivity contribution >= 4 is 27.9 Å². The second-order valence-electron chi connectivity index (χ2n) is 2.84. The summed E-state index contributed by atoms with van der Waals surface area (Å²) in [5.41, 5.74) is 6.03. The zero-order valence-corrected chi connectivity index (χ0v) is 8.69. The summed E-state index contributed by atoms with van der Waals surface area (Å²) in [6.07, 6.45) is -0.688. The summed E-state index contributed by atoms with van der Waals surface area (Å²) in [7, 11) is 0. The summed E-state index contributed by atoms with van der Waals surface area (Å²) in [6.45, 7) is 0. The second-order valence-corrected chi connectivity index (χ2v) is 3.76. The minimum atomic E-state index is -0.688. The molecule has 1 aliphatic heterocycles. The molecular formula is C9H7BrN2O2. The fourth-order valence-corrected chi connectivity index (χ4v) is 1.66. The average Bonchev–Trinajstić information content (AvgIpc) is 2.45. The molecule has 1 aromatic carbocycles. The maximum absolute atomic E-state index is 11.3. The Hall–Kier alpha value is -1.36. The molecule has 4 nitrogen and oxygen atoms in total. The first-order chi connectivity index (χ1) is 6.66. The summed E-state index contributed by atoms with van der Waals surface area (Å²) in [4.78, 5) is 14.8. The van der Waals surface area contributed by atoms with Crippen molar-refractivity contribution in [2.75, 3.05) is 0 Å². The molecule has 0 bridgehead atoms. The maximum atomic E-state index is 11.3. The zero-order valence-electron chi connectivity index (χ0n) is 7.11. The number of amides is 1. The third kappa shape index (κ3) is 1.63. The van der Waals surface area contributed by atoms with Crippen LogP contribution < -0.4 is 5.73 Å². The van der Waals surface area contributed by atoms with E-state index in [0.29, 0.717) is 0 Å². The minimum Gasteiger partial charge on any atom is -0.447 e. The molecule has 1 aromatic rings. The topological polar surface area (TPSA) is 64.7 Å². The highest BCUT2D eigenvalue weighted by Crippen LogP contribution is 2.25. The molecule has 0 spiro atoms. The predicted octanol–water partition coefficient (Wildman–Crippen LogP) is 1.36. The van der Waals surface area contributed by atoms with Crippen LogP contribution in [0, 0.1) is 0 Å². The molecule has 14 heavy (non-hydrogen) atoms. The maximum Gasteiger partial charge on any atom is 0.296 e. The van der Waals surface area contributed by atoms with Crippen LogP contribution in [0.1, 0.15) is 11.7 Å². The molecule has 0 saturated heterocycles. The van der Waals surface area contributed by atoms with Gasteiger partial charge >= 0.3 is 0 Å². The molecule has 0 fully saturated rings. The molecule has 1 atom stereocenters. The second kappa shape index (κ2) is 3.42. The summed E-state index contributed by atoms with van der Waals surface area (Å²) in [6, 6.07) is 7.22. The number of nitrogens with zero attached hydrogens (tertiary/aromatic N) is 1. The highest BCUT2D eigenvalue weighted by Gasteiger charge is 2.29. The zero-order chi connectivity index (χ0) is 10.1. The first-order valence-corrected chi connectivity index (χ1v) is 4.76. The van der Waals surface area contributed by atoms with Gasteiger partial charge in [0.15, 0.2) is 0 Å². The van der Waals surface area contributed by atoms with Crippen molar-refractivity contribution in [1.82, 2.24) is 0 Å². The molecule has 1 amide bonds. The Bertz CT molecular complexity index is 417. The van der Waals surface area contributed by atoms with Crippen molar-refractivity contribution < 1.29 is 9.53 Å². The Morgan fingerprint density at radius 3 is 2.86 bits per heavy atom. The van der Waals surface area contributed by atoms with Crippen LogP contribution in [-0.4, -0.2) is 11.9 Å². The molecule has 1 heterocycles. The number of carbonyl (C=O) groups is 1. The Balaban J connectivity index is 2.30. The SMILES string of the molecule is NC1=NC(=O)C(c2cccc(Br)c2)O1. The molecule has 0 radical (unpaired) electrons. The van der Waals surface area contributed by atoms with Gasteiger partial charge in [-0.2, -0.15) is 4.99 Å². The lowest BCUT2D eigenvalue weighted by Gasteiger charge is -2.08. The Morgan fingerprint density at radius 2 is 2.29 bits per heavy atom. The quantitative estimate of drug-likeness (QED) is 0.823. The molecule has 0 aromatic heterocycles. The number of hydrogen-bond donors (Lipinski definition) is 1. The van der Waals surface area contributed by atoms with Gasteiger partial charge in [-0.25, -0.2) is 0 Å². The van der Waals surface area contributed by atoms with E-state index in [4.69, 9.17) is 10.5 Å². The van der Waals surface area contributed by atoms with Crippen molar-refractivity contribution in [3.8, 4) is 0 Å². The molecule has 0 saturated carbocycles. The summed E-state index contributed by atoms with van der Waals surface area (Å²) >= 11 is 3.31. The van der Waals surface area contributed by atoms with Crippen molar-refractivity contribution in [2.24, 2.45) is 10.7 Å². The van der Waals surface area contributed by atoms with E-state index in [1.807, 2.05) is 12.1 Å². The van der Waals surface area contributed by atoms with Gasteiger partial charge in [0.1, 0.15) is 0 Å². The predicted molar refractivity (Wildman–Crippen MR) is 54.6 cm³/mol. The Kier molecular flexibility index (Phi) is 2.25. The number of carbonyl (C=O) groups excluding carboxylic acids is 1. The standard InChI is InChI=1S/C9H7BrN2O2/c10-6-3-1-2-5(4-6)7-8(13)12-9(11)14-7/h1-4,7H,(H2,11,12,13). The first kappa shape index (κ1) is 9.21. The van der Waals surface area contributed by atoms with Crippen LogP contribution in [0.25, 0.3) is 0 Å². The number of benzene rings is 1. The van der Waals surface area contributed by atoms with Gasteiger partial charge < -0.3 is 10.5 Å². The van der Waals surface area contributed by atoms with Crippen LogP contribution in [0.15, 0.2) is 33.7 Å². The van der Waals surface area contributed by atoms with Gasteiger partial charge in [0.25, 0.3) is 11.9 Å². The number of nitrogens with two attached hydrogens (primary N) is 1. The van der Waals surface area contributed by atoms with E-state index in [9.17, 15) is 4.79 Å². The third-order valence-electron chi connectivity index (χ3n) is 1.83. The third-order valence-corrected chi connectivity index (χ3v) is 2.33. The largest absolute Gasteiger partial charge is 0.447 e. The normalized spacial score (nSPS) is 20.5. The van der Waals surface area contributed by atoms with Gasteiger partial charge in [-0.1, -0.05) is 28.1 Å². The van der Waals surface area contributed by atoms with E-state index in [-0.39, 0.29) is 11.9 Å². The molecule has 2 N–H and O–H groups in total. The van der Waals surface area contributed by atoms with Crippen LogP contribution in [0.4, 0.5) is 0 Å². The number of halogens is 1. The lowest BCUT2D eigenvalue weighted by atomic mass is 10.1. The van der Waals surface area contributed by atoms with Gasteiger partial charge in [-0.3, -0.25) is 4.79 Å². The lowest BCUT2D eigenvalue weighted by molar-refractivity contribution is -0.122.